The predicted octanol–water partition coefficient (Wildman–Crippen LogP) is 3.24. The number of hydrogen-bond acceptors (Lipinski definition) is 5. The van der Waals surface area contributed by atoms with Crippen LogP contribution < -0.4 is 0 Å². The van der Waals surface area contributed by atoms with Gasteiger partial charge in [0.2, 0.25) is 5.82 Å². The molecule has 2 aromatic carbocycles. The van der Waals surface area contributed by atoms with E-state index >= 15 is 0 Å². The summed E-state index contributed by atoms with van der Waals surface area (Å²) in [4.78, 5) is 19.3. The molecule has 2 heterocycles. The number of morpholine rings is 1. The highest BCUT2D eigenvalue weighted by Crippen LogP contribution is 2.28. The number of amides is 1. The molecular formula is C21H22N4O2. The van der Waals surface area contributed by atoms with Crippen LogP contribution in [0.15, 0.2) is 42.5 Å². The van der Waals surface area contributed by atoms with E-state index in [4.69, 9.17) is 4.74 Å². The van der Waals surface area contributed by atoms with Crippen molar-refractivity contribution in [3.8, 4) is 0 Å². The Bertz CT molecular complexity index is 1000. The summed E-state index contributed by atoms with van der Waals surface area (Å²) in [7, 11) is 0. The molecule has 1 saturated heterocycles. The van der Waals surface area contributed by atoms with Crippen LogP contribution in [0.5, 0.6) is 0 Å². The van der Waals surface area contributed by atoms with Gasteiger partial charge < -0.3 is 9.64 Å². The zero-order chi connectivity index (χ0) is 19.0. The molecule has 1 aromatic heterocycles. The smallest absolute Gasteiger partial charge is 0.293 e. The number of rotatable bonds is 2. The third-order valence-corrected chi connectivity index (χ3v) is 5.03. The third-order valence-electron chi connectivity index (χ3n) is 5.03. The zero-order valence-corrected chi connectivity index (χ0v) is 15.7. The number of carbonyl (C=O) groups excluding carboxylic acids is 1. The van der Waals surface area contributed by atoms with E-state index in [0.717, 1.165) is 11.1 Å². The Morgan fingerprint density at radius 1 is 1.11 bits per heavy atom. The highest BCUT2D eigenvalue weighted by molar-refractivity contribution is 5.92. The van der Waals surface area contributed by atoms with Gasteiger partial charge in [-0.15, -0.1) is 10.2 Å². The molecule has 1 amide bonds. The summed E-state index contributed by atoms with van der Waals surface area (Å²) >= 11 is 0. The van der Waals surface area contributed by atoms with E-state index in [9.17, 15) is 4.79 Å². The summed E-state index contributed by atoms with van der Waals surface area (Å²) < 4.78 is 6.05. The molecule has 0 N–H and O–H groups in total. The Hall–Kier alpha value is -2.86. The quantitative estimate of drug-likeness (QED) is 0.700. The first-order valence-electron chi connectivity index (χ1n) is 9.12. The molecule has 0 bridgehead atoms. The number of para-hydroxylation sites is 1. The summed E-state index contributed by atoms with van der Waals surface area (Å²) in [5.74, 6) is -0.0819. The molecule has 0 saturated carbocycles. The lowest BCUT2D eigenvalue weighted by Crippen LogP contribution is -2.48. The average molecular weight is 362 g/mol. The first-order chi connectivity index (χ1) is 13.0. The molecule has 0 unspecified atom stereocenters. The number of hydrogen-bond donors (Lipinski definition) is 0. The van der Waals surface area contributed by atoms with Gasteiger partial charge in [0.25, 0.3) is 5.91 Å². The van der Waals surface area contributed by atoms with Crippen molar-refractivity contribution in [2.24, 2.45) is 0 Å². The van der Waals surface area contributed by atoms with Gasteiger partial charge in [-0.3, -0.25) is 4.79 Å². The van der Waals surface area contributed by atoms with Gasteiger partial charge in [-0.25, -0.2) is 4.98 Å². The van der Waals surface area contributed by atoms with Crippen molar-refractivity contribution < 1.29 is 9.53 Å². The maximum atomic E-state index is 13.1. The minimum Gasteiger partial charge on any atom is -0.370 e. The van der Waals surface area contributed by atoms with E-state index in [2.05, 4.69) is 47.2 Å². The number of aromatic nitrogens is 3. The van der Waals surface area contributed by atoms with Crippen molar-refractivity contribution >= 4 is 16.9 Å². The average Bonchev–Trinajstić information content (AvgIpc) is 2.69. The molecule has 2 atom stereocenters. The highest BCUT2D eigenvalue weighted by atomic mass is 16.5. The Labute approximate surface area is 158 Å². The van der Waals surface area contributed by atoms with E-state index in [1.165, 1.54) is 5.56 Å². The van der Waals surface area contributed by atoms with Gasteiger partial charge in [-0.1, -0.05) is 35.9 Å². The van der Waals surface area contributed by atoms with Crippen LogP contribution in [0.25, 0.3) is 11.0 Å². The summed E-state index contributed by atoms with van der Waals surface area (Å²) in [5, 5.41) is 8.19. The summed E-state index contributed by atoms with van der Waals surface area (Å²) in [6, 6.07) is 13.7. The van der Waals surface area contributed by atoms with Crippen molar-refractivity contribution in [2.75, 3.05) is 13.2 Å². The number of ether oxygens (including phenoxy) is 1. The van der Waals surface area contributed by atoms with Crippen LogP contribution in [0.4, 0.5) is 0 Å². The molecule has 138 valence electrons. The molecule has 0 spiro atoms. The number of benzene rings is 2. The van der Waals surface area contributed by atoms with Gasteiger partial charge in [0.05, 0.1) is 24.7 Å². The number of nitrogens with zero attached hydrogens (tertiary/aromatic N) is 4. The molecule has 4 rings (SSSR count). The monoisotopic (exact) mass is 362 g/mol. The molecule has 27 heavy (non-hydrogen) atoms. The number of fused-ring (bicyclic) bond motifs is 1. The van der Waals surface area contributed by atoms with Crippen molar-refractivity contribution in [3.05, 3.63) is 65.0 Å². The van der Waals surface area contributed by atoms with Gasteiger partial charge in [-0.05, 0) is 44.0 Å². The molecule has 1 fully saturated rings. The first kappa shape index (κ1) is 17.5. The van der Waals surface area contributed by atoms with E-state index in [1.807, 2.05) is 31.2 Å². The predicted molar refractivity (Wildman–Crippen MR) is 102 cm³/mol. The van der Waals surface area contributed by atoms with Crippen molar-refractivity contribution in [2.45, 2.75) is 32.9 Å². The molecule has 1 aliphatic rings. The lowest BCUT2D eigenvalue weighted by molar-refractivity contribution is -0.0493. The maximum Gasteiger partial charge on any atom is 0.293 e. The van der Waals surface area contributed by atoms with Crippen LogP contribution in [0.1, 0.15) is 40.3 Å². The molecule has 0 radical (unpaired) electrons. The van der Waals surface area contributed by atoms with E-state index in [0.29, 0.717) is 24.2 Å². The van der Waals surface area contributed by atoms with E-state index in [-0.39, 0.29) is 23.9 Å². The van der Waals surface area contributed by atoms with E-state index < -0.39 is 0 Å². The second kappa shape index (κ2) is 7.04. The van der Waals surface area contributed by atoms with Crippen LogP contribution in [-0.2, 0) is 4.74 Å². The molecule has 3 aromatic rings. The summed E-state index contributed by atoms with van der Waals surface area (Å²) in [6.07, 6.45) is -0.154. The molecular weight excluding hydrogens is 340 g/mol. The fourth-order valence-corrected chi connectivity index (χ4v) is 3.43. The normalized spacial score (nSPS) is 20.0. The van der Waals surface area contributed by atoms with E-state index in [1.54, 1.807) is 4.90 Å². The molecule has 1 aliphatic heterocycles. The second-order valence-corrected chi connectivity index (χ2v) is 7.11. The summed E-state index contributed by atoms with van der Waals surface area (Å²) in [5.41, 5.74) is 4.81. The Morgan fingerprint density at radius 2 is 1.89 bits per heavy atom. The van der Waals surface area contributed by atoms with Crippen LogP contribution in [0.2, 0.25) is 0 Å². The minimum atomic E-state index is -0.209. The Morgan fingerprint density at radius 3 is 2.70 bits per heavy atom. The number of carbonyl (C=O) groups is 1. The second-order valence-electron chi connectivity index (χ2n) is 7.11. The van der Waals surface area contributed by atoms with Gasteiger partial charge in [0.15, 0.2) is 0 Å². The molecule has 0 aliphatic carbocycles. The third kappa shape index (κ3) is 3.40. The van der Waals surface area contributed by atoms with Crippen molar-refractivity contribution in [3.63, 3.8) is 0 Å². The Kier molecular flexibility index (Phi) is 4.58. The lowest BCUT2D eigenvalue weighted by atomic mass is 9.99. The highest BCUT2D eigenvalue weighted by Gasteiger charge is 2.33. The fraction of sp³-hybridized carbons (Fsp3) is 0.333. The number of aryl methyl sites for hydroxylation is 2. The standard InChI is InChI=1S/C21H22N4O2/c1-13-8-9-14(2)16(10-13)19-11-25(15(3)12-27-19)21(26)20-22-17-6-4-5-7-18(17)23-24-20/h4-10,15,19H,11-12H2,1-3H3/t15-,19-/m1/s1. The summed E-state index contributed by atoms with van der Waals surface area (Å²) in [6.45, 7) is 7.06. The van der Waals surface area contributed by atoms with Crippen LogP contribution >= 0.6 is 0 Å². The topological polar surface area (TPSA) is 68.2 Å². The van der Waals surface area contributed by atoms with Crippen molar-refractivity contribution in [1.29, 1.82) is 0 Å². The van der Waals surface area contributed by atoms with Crippen molar-refractivity contribution in [1.82, 2.24) is 20.1 Å². The van der Waals surface area contributed by atoms with Crippen LogP contribution in [0.3, 0.4) is 0 Å². The van der Waals surface area contributed by atoms with Gasteiger partial charge in [-0.2, -0.15) is 0 Å². The zero-order valence-electron chi connectivity index (χ0n) is 15.7. The van der Waals surface area contributed by atoms with Crippen LogP contribution in [0, 0.1) is 13.8 Å². The Balaban J connectivity index is 1.62. The minimum absolute atomic E-state index is 0.0473. The molecule has 6 heteroatoms. The van der Waals surface area contributed by atoms with Gasteiger partial charge in [0.1, 0.15) is 11.6 Å². The SMILES string of the molecule is Cc1ccc(C)c([C@H]2CN(C(=O)c3nnc4ccccc4n3)[C@H](C)CO2)c1. The van der Waals surface area contributed by atoms with Gasteiger partial charge >= 0.3 is 0 Å². The largest absolute Gasteiger partial charge is 0.370 e. The first-order valence-corrected chi connectivity index (χ1v) is 9.12. The lowest BCUT2D eigenvalue weighted by Gasteiger charge is -2.38. The van der Waals surface area contributed by atoms with Crippen LogP contribution in [-0.4, -0.2) is 45.2 Å². The molecule has 6 nitrogen and oxygen atoms in total. The van der Waals surface area contributed by atoms with Gasteiger partial charge in [0, 0.05) is 0 Å². The fourth-order valence-electron chi connectivity index (χ4n) is 3.43. The maximum absolute atomic E-state index is 13.1.